The molecule has 1 aliphatic heterocycles. The van der Waals surface area contributed by atoms with Crippen molar-refractivity contribution in [3.8, 4) is 11.1 Å². The minimum atomic E-state index is -5.29. The van der Waals surface area contributed by atoms with Crippen molar-refractivity contribution >= 4 is 11.9 Å². The second kappa shape index (κ2) is 8.30. The summed E-state index contributed by atoms with van der Waals surface area (Å²) in [7, 11) is 1.33. The molecule has 2 atom stereocenters. The van der Waals surface area contributed by atoms with Crippen LogP contribution in [0.25, 0.3) is 11.1 Å². The van der Waals surface area contributed by atoms with E-state index in [4.69, 9.17) is 10.6 Å². The summed E-state index contributed by atoms with van der Waals surface area (Å²) >= 11 is 0. The van der Waals surface area contributed by atoms with Crippen molar-refractivity contribution in [2.75, 3.05) is 7.05 Å². The average molecular weight is 456 g/mol. The van der Waals surface area contributed by atoms with Crippen LogP contribution >= 0.6 is 0 Å². The molecule has 1 aliphatic rings. The predicted octanol–water partition coefficient (Wildman–Crippen LogP) is 3.03. The zero-order valence-electron chi connectivity index (χ0n) is 17.4. The number of hydrogen-bond acceptors (Lipinski definition) is 6. The maximum atomic E-state index is 13.6. The van der Waals surface area contributed by atoms with Crippen LogP contribution in [0.4, 0.5) is 13.2 Å². The Bertz CT molecular complexity index is 1170. The van der Waals surface area contributed by atoms with Gasteiger partial charge in [0.15, 0.2) is 11.8 Å². The number of nitrogens with two attached hydrogens (primary N) is 1. The van der Waals surface area contributed by atoms with E-state index in [1.165, 1.54) is 7.05 Å². The molecule has 0 aliphatic carbocycles. The molecule has 2 heterocycles. The zero-order chi connectivity index (χ0) is 23.8. The van der Waals surface area contributed by atoms with E-state index >= 15 is 0 Å². The molecule has 2 aromatic carbocycles. The fourth-order valence-corrected chi connectivity index (χ4v) is 3.89. The van der Waals surface area contributed by atoms with Crippen molar-refractivity contribution in [3.63, 3.8) is 0 Å². The molecule has 2 N–H and O–H groups in total. The minimum Gasteiger partial charge on any atom is -0.356 e. The SMILES string of the molecule is CN1C(=O)C(c2ccccc2)(c2cccc(-c3cccnc3)c2)N(OC(=O)C(F)(F)F)C1N. The standard InChI is InChI=1S/C23H19F3N4O3/c1-29-19(31)22(17-9-3-2-4-10-17,30(21(29)27)33-20(32)23(24,25)26)18-11-5-7-15(13-18)16-8-6-12-28-14-16/h2-14,21H,27H2,1H3. The van der Waals surface area contributed by atoms with Crippen LogP contribution in [0.15, 0.2) is 79.1 Å². The predicted molar refractivity (Wildman–Crippen MR) is 112 cm³/mol. The molecule has 1 saturated heterocycles. The number of benzene rings is 2. The quantitative estimate of drug-likeness (QED) is 0.649. The zero-order valence-corrected chi connectivity index (χ0v) is 17.4. The van der Waals surface area contributed by atoms with E-state index in [-0.39, 0.29) is 11.1 Å². The van der Waals surface area contributed by atoms with Gasteiger partial charge in [0.2, 0.25) is 0 Å². The highest BCUT2D eigenvalue weighted by molar-refractivity contribution is 5.94. The molecule has 2 unspecified atom stereocenters. The number of rotatable bonds is 4. The second-order valence-electron chi connectivity index (χ2n) is 7.43. The maximum absolute atomic E-state index is 13.6. The molecule has 1 amide bonds. The normalized spacial score (nSPS) is 21.3. The van der Waals surface area contributed by atoms with Crippen LogP contribution in [0.2, 0.25) is 0 Å². The van der Waals surface area contributed by atoms with Gasteiger partial charge in [-0.1, -0.05) is 59.7 Å². The lowest BCUT2D eigenvalue weighted by Crippen LogP contribution is -2.53. The highest BCUT2D eigenvalue weighted by Gasteiger charge is 2.61. The first-order chi connectivity index (χ1) is 15.7. The summed E-state index contributed by atoms with van der Waals surface area (Å²) in [5, 5.41) is 0.614. The van der Waals surface area contributed by atoms with Crippen LogP contribution in [0.1, 0.15) is 11.1 Å². The Hall–Kier alpha value is -3.76. The van der Waals surface area contributed by atoms with Crippen LogP contribution in [0.3, 0.4) is 0 Å². The van der Waals surface area contributed by atoms with Crippen LogP contribution in [-0.4, -0.2) is 46.3 Å². The summed E-state index contributed by atoms with van der Waals surface area (Å²) in [5.74, 6) is -3.13. The highest BCUT2D eigenvalue weighted by atomic mass is 19.4. The van der Waals surface area contributed by atoms with Gasteiger partial charge < -0.3 is 9.74 Å². The Morgan fingerprint density at radius 2 is 1.70 bits per heavy atom. The molecular formula is C23H19F3N4O3. The molecule has 33 heavy (non-hydrogen) atoms. The van der Waals surface area contributed by atoms with Gasteiger partial charge in [0, 0.05) is 19.4 Å². The molecule has 1 fully saturated rings. The van der Waals surface area contributed by atoms with E-state index in [0.29, 0.717) is 10.6 Å². The van der Waals surface area contributed by atoms with Crippen molar-refractivity contribution in [2.45, 2.75) is 18.0 Å². The van der Waals surface area contributed by atoms with Crippen molar-refractivity contribution < 1.29 is 27.6 Å². The molecule has 10 heteroatoms. The fraction of sp³-hybridized carbons (Fsp3) is 0.174. The Balaban J connectivity index is 1.96. The monoisotopic (exact) mass is 456 g/mol. The number of alkyl halides is 3. The van der Waals surface area contributed by atoms with Crippen molar-refractivity contribution in [1.82, 2.24) is 14.9 Å². The molecule has 0 bridgehead atoms. The third-order valence-corrected chi connectivity index (χ3v) is 5.48. The lowest BCUT2D eigenvalue weighted by atomic mass is 9.81. The smallest absolute Gasteiger partial charge is 0.356 e. The molecule has 1 aromatic heterocycles. The number of carbonyl (C=O) groups excluding carboxylic acids is 2. The number of carbonyl (C=O) groups is 2. The largest absolute Gasteiger partial charge is 0.492 e. The molecular weight excluding hydrogens is 437 g/mol. The number of hydrogen-bond donors (Lipinski definition) is 1. The van der Waals surface area contributed by atoms with Crippen LogP contribution in [0.5, 0.6) is 0 Å². The molecule has 170 valence electrons. The fourth-order valence-electron chi connectivity index (χ4n) is 3.89. The van der Waals surface area contributed by atoms with Crippen molar-refractivity contribution in [1.29, 1.82) is 0 Å². The Morgan fingerprint density at radius 3 is 2.33 bits per heavy atom. The topological polar surface area (TPSA) is 88.8 Å². The molecule has 0 saturated carbocycles. The van der Waals surface area contributed by atoms with Crippen molar-refractivity contribution in [3.05, 3.63) is 90.3 Å². The molecule has 7 nitrogen and oxygen atoms in total. The lowest BCUT2D eigenvalue weighted by Gasteiger charge is -2.36. The number of likely N-dealkylation sites (N-methyl/N-ethyl adjacent to an activating group) is 1. The molecule has 3 aromatic rings. The van der Waals surface area contributed by atoms with E-state index in [1.807, 2.05) is 0 Å². The van der Waals surface area contributed by atoms with Gasteiger partial charge in [0.05, 0.1) is 0 Å². The number of pyridine rings is 1. The number of nitrogens with zero attached hydrogens (tertiary/aromatic N) is 3. The van der Waals surface area contributed by atoms with E-state index in [9.17, 15) is 22.8 Å². The minimum absolute atomic E-state index is 0.273. The van der Waals surface area contributed by atoms with Gasteiger partial charge in [-0.2, -0.15) is 13.2 Å². The van der Waals surface area contributed by atoms with Gasteiger partial charge in [-0.3, -0.25) is 15.5 Å². The molecule has 0 radical (unpaired) electrons. The Labute approximate surface area is 187 Å². The summed E-state index contributed by atoms with van der Waals surface area (Å²) < 4.78 is 39.4. The summed E-state index contributed by atoms with van der Waals surface area (Å²) in [5.41, 5.74) is 6.08. The van der Waals surface area contributed by atoms with E-state index in [0.717, 1.165) is 10.5 Å². The summed E-state index contributed by atoms with van der Waals surface area (Å²) in [4.78, 5) is 35.4. The first-order valence-electron chi connectivity index (χ1n) is 9.85. The van der Waals surface area contributed by atoms with Gasteiger partial charge in [0.1, 0.15) is 0 Å². The summed E-state index contributed by atoms with van der Waals surface area (Å²) in [6.45, 7) is 0. The third kappa shape index (κ3) is 3.73. The average Bonchev–Trinajstić information content (AvgIpc) is 3.01. The number of amides is 1. The first kappa shape index (κ1) is 22.4. The number of aromatic nitrogens is 1. The van der Waals surface area contributed by atoms with E-state index < -0.39 is 29.9 Å². The maximum Gasteiger partial charge on any atom is 0.492 e. The molecule has 4 rings (SSSR count). The van der Waals surface area contributed by atoms with Gasteiger partial charge in [-0.05, 0) is 34.4 Å². The van der Waals surface area contributed by atoms with Crippen molar-refractivity contribution in [2.24, 2.45) is 5.73 Å². The molecule has 0 spiro atoms. The van der Waals surface area contributed by atoms with E-state index in [2.05, 4.69) is 4.98 Å². The van der Waals surface area contributed by atoms with Crippen LogP contribution in [0, 0.1) is 0 Å². The van der Waals surface area contributed by atoms with E-state index in [1.54, 1.807) is 79.1 Å². The van der Waals surface area contributed by atoms with Crippen LogP contribution < -0.4 is 5.73 Å². The number of hydroxylamine groups is 2. The second-order valence-corrected chi connectivity index (χ2v) is 7.43. The van der Waals surface area contributed by atoms with Gasteiger partial charge >= 0.3 is 12.1 Å². The van der Waals surface area contributed by atoms with Crippen LogP contribution in [-0.2, 0) is 20.0 Å². The number of halogens is 3. The van der Waals surface area contributed by atoms with Gasteiger partial charge in [-0.25, -0.2) is 4.79 Å². The Kier molecular flexibility index (Phi) is 5.64. The first-order valence-corrected chi connectivity index (χ1v) is 9.85. The summed E-state index contributed by atoms with van der Waals surface area (Å²) in [6, 6.07) is 18.3. The third-order valence-electron chi connectivity index (χ3n) is 5.48. The summed E-state index contributed by atoms with van der Waals surface area (Å²) in [6.07, 6.45) is -3.54. The lowest BCUT2D eigenvalue weighted by molar-refractivity contribution is -0.260. The highest BCUT2D eigenvalue weighted by Crippen LogP contribution is 2.45. The van der Waals surface area contributed by atoms with Gasteiger partial charge in [-0.15, -0.1) is 0 Å². The van der Waals surface area contributed by atoms with Gasteiger partial charge in [0.25, 0.3) is 5.91 Å². The Morgan fingerprint density at radius 1 is 1.03 bits per heavy atom.